The number of sulfonamides is 1. The van der Waals surface area contributed by atoms with Gasteiger partial charge in [-0.1, -0.05) is 66.0 Å². The van der Waals surface area contributed by atoms with Crippen molar-refractivity contribution in [3.63, 3.8) is 0 Å². The number of nitrogens with zero attached hydrogens (tertiary/aromatic N) is 2. The van der Waals surface area contributed by atoms with Crippen molar-refractivity contribution < 1.29 is 18.0 Å². The number of carbonyl (C=O) groups excluding carboxylic acids is 2. The number of likely N-dealkylation sites (N-methyl/N-ethyl adjacent to an activating group) is 1. The summed E-state index contributed by atoms with van der Waals surface area (Å²) in [5, 5.41) is 3.46. The summed E-state index contributed by atoms with van der Waals surface area (Å²) in [4.78, 5) is 28.0. The van der Waals surface area contributed by atoms with E-state index in [1.807, 2.05) is 6.92 Å². The van der Waals surface area contributed by atoms with Crippen molar-refractivity contribution in [3.05, 3.63) is 94.0 Å². The Balaban J connectivity index is 2.06. The molecule has 1 atom stereocenters. The van der Waals surface area contributed by atoms with Crippen LogP contribution >= 0.6 is 23.2 Å². The summed E-state index contributed by atoms with van der Waals surface area (Å²) in [6.07, 6.45) is 0.321. The molecule has 0 aliphatic rings. The third kappa shape index (κ3) is 6.83. The van der Waals surface area contributed by atoms with Crippen LogP contribution in [0.15, 0.2) is 77.7 Å². The average Bonchev–Trinajstić information content (AvgIpc) is 2.88. The molecule has 3 aromatic carbocycles. The lowest BCUT2D eigenvalue weighted by Gasteiger charge is -2.33. The zero-order valence-electron chi connectivity index (χ0n) is 20.8. The molecule has 0 aliphatic heterocycles. The van der Waals surface area contributed by atoms with Gasteiger partial charge in [0.15, 0.2) is 0 Å². The monoisotopic (exact) mass is 561 g/mol. The standard InChI is InChI=1S/C27H29Cl2N3O4S/c1-4-25(27(34)30-3)31(17-20-7-5-6-8-24(20)29)26(33)18-32(22-13-11-21(28)12-14-22)37(35,36)23-15-9-19(2)10-16-23/h5-16,25H,4,17-18H2,1-3H3,(H,30,34)/t25-/m1/s1. The van der Waals surface area contributed by atoms with Crippen LogP contribution in [0.2, 0.25) is 10.0 Å². The molecule has 7 nitrogen and oxygen atoms in total. The van der Waals surface area contributed by atoms with Crippen LogP contribution in [0.1, 0.15) is 24.5 Å². The average molecular weight is 563 g/mol. The number of halogens is 2. The van der Waals surface area contributed by atoms with Crippen LogP contribution in [0.3, 0.4) is 0 Å². The number of anilines is 1. The third-order valence-electron chi connectivity index (χ3n) is 5.93. The molecule has 37 heavy (non-hydrogen) atoms. The highest BCUT2D eigenvalue weighted by atomic mass is 35.5. The maximum Gasteiger partial charge on any atom is 0.264 e. The van der Waals surface area contributed by atoms with E-state index in [0.29, 0.717) is 22.0 Å². The van der Waals surface area contributed by atoms with E-state index in [-0.39, 0.29) is 23.0 Å². The fourth-order valence-electron chi connectivity index (χ4n) is 3.87. The van der Waals surface area contributed by atoms with E-state index in [9.17, 15) is 18.0 Å². The van der Waals surface area contributed by atoms with Gasteiger partial charge in [0.05, 0.1) is 10.6 Å². The van der Waals surface area contributed by atoms with Gasteiger partial charge in [-0.2, -0.15) is 0 Å². The van der Waals surface area contributed by atoms with E-state index in [1.165, 1.54) is 36.2 Å². The van der Waals surface area contributed by atoms with Crippen LogP contribution in [0.25, 0.3) is 0 Å². The first kappa shape index (κ1) is 28.5. The van der Waals surface area contributed by atoms with Crippen LogP contribution in [0.4, 0.5) is 5.69 Å². The Kier molecular flexibility index (Phi) is 9.59. The molecule has 2 amide bonds. The lowest BCUT2D eigenvalue weighted by Crippen LogP contribution is -2.51. The number of carbonyl (C=O) groups is 2. The first-order chi connectivity index (χ1) is 17.6. The number of amides is 2. The quantitative estimate of drug-likeness (QED) is 0.375. The van der Waals surface area contributed by atoms with Crippen LogP contribution in [-0.2, 0) is 26.2 Å². The lowest BCUT2D eigenvalue weighted by atomic mass is 10.1. The molecular weight excluding hydrogens is 533 g/mol. The molecule has 3 aromatic rings. The summed E-state index contributed by atoms with van der Waals surface area (Å²) in [5.74, 6) is -0.914. The Bertz CT molecular complexity index is 1350. The number of benzene rings is 3. The molecule has 0 radical (unpaired) electrons. The first-order valence-corrected chi connectivity index (χ1v) is 13.9. The molecule has 0 unspecified atom stereocenters. The predicted molar refractivity (Wildman–Crippen MR) is 147 cm³/mol. The number of nitrogens with one attached hydrogen (secondary N) is 1. The van der Waals surface area contributed by atoms with E-state index in [1.54, 1.807) is 55.5 Å². The molecule has 0 heterocycles. The van der Waals surface area contributed by atoms with E-state index >= 15 is 0 Å². The zero-order valence-corrected chi connectivity index (χ0v) is 23.1. The Morgan fingerprint density at radius 3 is 2.14 bits per heavy atom. The fraction of sp³-hybridized carbons (Fsp3) is 0.259. The summed E-state index contributed by atoms with van der Waals surface area (Å²) >= 11 is 12.4. The Hall–Kier alpha value is -3.07. The van der Waals surface area contributed by atoms with Crippen molar-refractivity contribution in [1.29, 1.82) is 0 Å². The van der Waals surface area contributed by atoms with Gasteiger partial charge in [0.25, 0.3) is 10.0 Å². The van der Waals surface area contributed by atoms with Gasteiger partial charge in [-0.25, -0.2) is 8.42 Å². The minimum absolute atomic E-state index is 0.0312. The Morgan fingerprint density at radius 1 is 0.946 bits per heavy atom. The van der Waals surface area contributed by atoms with Crippen LogP contribution in [0, 0.1) is 6.92 Å². The molecule has 0 saturated heterocycles. The minimum Gasteiger partial charge on any atom is -0.357 e. The molecule has 0 saturated carbocycles. The van der Waals surface area contributed by atoms with E-state index in [4.69, 9.17) is 23.2 Å². The third-order valence-corrected chi connectivity index (χ3v) is 8.34. The highest BCUT2D eigenvalue weighted by Gasteiger charge is 2.33. The van der Waals surface area contributed by atoms with Gasteiger partial charge in [-0.05, 0) is 61.4 Å². The number of rotatable bonds is 10. The number of hydrogen-bond donors (Lipinski definition) is 1. The van der Waals surface area contributed by atoms with Crippen molar-refractivity contribution >= 4 is 50.7 Å². The number of aryl methyl sites for hydroxylation is 1. The topological polar surface area (TPSA) is 86.8 Å². The van der Waals surface area contributed by atoms with E-state index in [0.717, 1.165) is 9.87 Å². The van der Waals surface area contributed by atoms with Gasteiger partial charge in [-0.15, -0.1) is 0 Å². The zero-order chi connectivity index (χ0) is 27.2. The molecule has 10 heteroatoms. The summed E-state index contributed by atoms with van der Waals surface area (Å²) in [5.41, 5.74) is 1.80. The van der Waals surface area contributed by atoms with Gasteiger partial charge < -0.3 is 10.2 Å². The number of hydrogen-bond acceptors (Lipinski definition) is 4. The SMILES string of the molecule is CC[C@H](C(=O)NC)N(Cc1ccccc1Cl)C(=O)CN(c1ccc(Cl)cc1)S(=O)(=O)c1ccc(C)cc1. The maximum atomic E-state index is 13.8. The molecule has 0 spiro atoms. The molecule has 0 aliphatic carbocycles. The van der Waals surface area contributed by atoms with Crippen molar-refractivity contribution in [3.8, 4) is 0 Å². The normalized spacial score (nSPS) is 12.0. The fourth-order valence-corrected chi connectivity index (χ4v) is 5.61. The molecular formula is C27H29Cl2N3O4S. The molecule has 3 rings (SSSR count). The Morgan fingerprint density at radius 2 is 1.57 bits per heavy atom. The summed E-state index contributed by atoms with van der Waals surface area (Å²) in [6, 6.07) is 18.7. The Labute approximate surface area is 228 Å². The molecule has 196 valence electrons. The van der Waals surface area contributed by atoms with Gasteiger partial charge >= 0.3 is 0 Å². The van der Waals surface area contributed by atoms with Gasteiger partial charge in [0.2, 0.25) is 11.8 Å². The second kappa shape index (κ2) is 12.4. The predicted octanol–water partition coefficient (Wildman–Crippen LogP) is 5.05. The molecule has 1 N–H and O–H groups in total. The highest BCUT2D eigenvalue weighted by molar-refractivity contribution is 7.92. The van der Waals surface area contributed by atoms with Crippen molar-refractivity contribution in [2.45, 2.75) is 37.8 Å². The maximum absolute atomic E-state index is 13.8. The minimum atomic E-state index is -4.14. The van der Waals surface area contributed by atoms with Crippen molar-refractivity contribution in [2.75, 3.05) is 17.9 Å². The first-order valence-electron chi connectivity index (χ1n) is 11.7. The molecule has 0 bridgehead atoms. The molecule has 0 fully saturated rings. The second-order valence-corrected chi connectivity index (χ2v) is 11.2. The molecule has 0 aromatic heterocycles. The van der Waals surface area contributed by atoms with Gasteiger partial charge in [0.1, 0.15) is 12.6 Å². The largest absolute Gasteiger partial charge is 0.357 e. The second-order valence-electron chi connectivity index (χ2n) is 8.45. The smallest absolute Gasteiger partial charge is 0.264 e. The summed E-state index contributed by atoms with van der Waals surface area (Å²) in [6.45, 7) is 3.14. The summed E-state index contributed by atoms with van der Waals surface area (Å²) < 4.78 is 28.5. The van der Waals surface area contributed by atoms with E-state index < -0.39 is 28.5 Å². The van der Waals surface area contributed by atoms with Crippen molar-refractivity contribution in [2.24, 2.45) is 0 Å². The van der Waals surface area contributed by atoms with Gasteiger partial charge in [-0.3, -0.25) is 13.9 Å². The lowest BCUT2D eigenvalue weighted by molar-refractivity contribution is -0.140. The van der Waals surface area contributed by atoms with Crippen LogP contribution in [0.5, 0.6) is 0 Å². The highest BCUT2D eigenvalue weighted by Crippen LogP contribution is 2.27. The van der Waals surface area contributed by atoms with Gasteiger partial charge in [0, 0.05) is 23.6 Å². The van der Waals surface area contributed by atoms with Crippen LogP contribution in [-0.4, -0.2) is 44.8 Å². The van der Waals surface area contributed by atoms with E-state index in [2.05, 4.69) is 5.32 Å². The van der Waals surface area contributed by atoms with Crippen molar-refractivity contribution in [1.82, 2.24) is 10.2 Å². The van der Waals surface area contributed by atoms with Crippen LogP contribution < -0.4 is 9.62 Å². The summed E-state index contributed by atoms with van der Waals surface area (Å²) in [7, 11) is -2.64.